The zero-order valence-electron chi connectivity index (χ0n) is 6.88. The normalized spacial score (nSPS) is 11.3. The molecular weight excluding hydrogens is 153 g/mol. The molecular formula is C7H16MnN-. The fourth-order valence-corrected chi connectivity index (χ4v) is 0.750. The van der Waals surface area contributed by atoms with Crippen LogP contribution >= 0.6 is 0 Å². The van der Waals surface area contributed by atoms with Crippen LogP contribution in [-0.2, 0) is 17.1 Å². The van der Waals surface area contributed by atoms with Crippen LogP contribution < -0.4 is 5.32 Å². The summed E-state index contributed by atoms with van der Waals surface area (Å²) in [7, 11) is 0. The van der Waals surface area contributed by atoms with E-state index < -0.39 is 0 Å². The van der Waals surface area contributed by atoms with Gasteiger partial charge < -0.3 is 5.32 Å². The summed E-state index contributed by atoms with van der Waals surface area (Å²) in [5.74, 6) is 0. The summed E-state index contributed by atoms with van der Waals surface area (Å²) in [5.41, 5.74) is 0.235. The molecule has 0 spiro atoms. The van der Waals surface area contributed by atoms with Crippen molar-refractivity contribution in [2.75, 3.05) is 0 Å². The molecule has 2 heteroatoms. The standard InChI is InChI=1S/C7H16N.Mn/c1-6(2)8-7(3,4)5;/h8H,1-5H3;/q-1;. The van der Waals surface area contributed by atoms with E-state index in [-0.39, 0.29) is 22.6 Å². The minimum atomic E-state index is 0. The second-order valence-electron chi connectivity index (χ2n) is 3.38. The summed E-state index contributed by atoms with van der Waals surface area (Å²) >= 11 is 0. The molecule has 0 unspecified atom stereocenters. The van der Waals surface area contributed by atoms with Crippen LogP contribution in [0.1, 0.15) is 34.6 Å². The van der Waals surface area contributed by atoms with Gasteiger partial charge in [-0.25, -0.2) is 0 Å². The van der Waals surface area contributed by atoms with E-state index in [1.807, 2.05) is 0 Å². The molecule has 0 aliphatic carbocycles. The van der Waals surface area contributed by atoms with Gasteiger partial charge in [-0.2, -0.15) is 13.8 Å². The summed E-state index contributed by atoms with van der Waals surface area (Å²) in [4.78, 5) is 0. The Balaban J connectivity index is 0. The monoisotopic (exact) mass is 169 g/mol. The Morgan fingerprint density at radius 2 is 1.44 bits per heavy atom. The fraction of sp³-hybridized carbons (Fsp3) is 0.857. The van der Waals surface area contributed by atoms with Gasteiger partial charge in [-0.3, -0.25) is 6.04 Å². The van der Waals surface area contributed by atoms with Gasteiger partial charge in [-0.1, -0.05) is 0 Å². The third-order valence-electron chi connectivity index (χ3n) is 0.625. The van der Waals surface area contributed by atoms with Crippen LogP contribution in [0, 0.1) is 6.04 Å². The third-order valence-corrected chi connectivity index (χ3v) is 0.625. The van der Waals surface area contributed by atoms with Gasteiger partial charge in [0.1, 0.15) is 0 Å². The molecule has 0 heterocycles. The van der Waals surface area contributed by atoms with Crippen LogP contribution in [0.5, 0.6) is 0 Å². The fourth-order valence-electron chi connectivity index (χ4n) is 0.750. The zero-order valence-corrected chi connectivity index (χ0v) is 8.06. The number of hydrogen-bond donors (Lipinski definition) is 1. The third kappa shape index (κ3) is 11.9. The maximum absolute atomic E-state index is 3.30. The molecule has 0 aliphatic rings. The molecule has 1 radical (unpaired) electrons. The smallest absolute Gasteiger partial charge is 0 e. The van der Waals surface area contributed by atoms with Crippen LogP contribution in [-0.4, -0.2) is 5.54 Å². The number of rotatable bonds is 1. The Kier molecular flexibility index (Phi) is 5.85. The molecule has 57 valence electrons. The number of hydrogen-bond acceptors (Lipinski definition) is 1. The molecule has 0 aromatic rings. The van der Waals surface area contributed by atoms with Gasteiger partial charge in [-0.15, -0.1) is 0 Å². The van der Waals surface area contributed by atoms with E-state index in [2.05, 4.69) is 39.9 Å². The quantitative estimate of drug-likeness (QED) is 0.467. The maximum atomic E-state index is 3.30. The van der Waals surface area contributed by atoms with E-state index >= 15 is 0 Å². The topological polar surface area (TPSA) is 12.0 Å². The molecule has 0 fully saturated rings. The summed E-state index contributed by atoms with van der Waals surface area (Å²) in [5, 5.41) is 3.30. The van der Waals surface area contributed by atoms with Gasteiger partial charge >= 0.3 is 0 Å². The van der Waals surface area contributed by atoms with Crippen LogP contribution in [0.25, 0.3) is 0 Å². The van der Waals surface area contributed by atoms with Crippen molar-refractivity contribution in [3.05, 3.63) is 6.04 Å². The average Bonchev–Trinajstić information content (AvgIpc) is 1.21. The SMILES string of the molecule is C[C-](C)NC(C)(C)C.[Mn]. The largest absolute Gasteiger partial charge is 0.463 e. The minimum absolute atomic E-state index is 0. The molecule has 0 amide bonds. The van der Waals surface area contributed by atoms with Gasteiger partial charge in [0.05, 0.1) is 0 Å². The van der Waals surface area contributed by atoms with Gasteiger partial charge in [0.25, 0.3) is 0 Å². The first-order chi connectivity index (χ1) is 3.42. The molecule has 0 saturated heterocycles. The molecule has 0 bridgehead atoms. The molecule has 0 aromatic carbocycles. The predicted octanol–water partition coefficient (Wildman–Crippen LogP) is 1.94. The first-order valence-electron chi connectivity index (χ1n) is 3.00. The molecule has 0 aromatic heterocycles. The van der Waals surface area contributed by atoms with Crippen molar-refractivity contribution < 1.29 is 17.1 Å². The summed E-state index contributed by atoms with van der Waals surface area (Å²) in [6.07, 6.45) is 0. The zero-order chi connectivity index (χ0) is 6.78. The van der Waals surface area contributed by atoms with Gasteiger partial charge in [-0.05, 0) is 26.3 Å². The van der Waals surface area contributed by atoms with E-state index in [0.29, 0.717) is 0 Å². The van der Waals surface area contributed by atoms with Crippen molar-refractivity contribution in [2.24, 2.45) is 0 Å². The van der Waals surface area contributed by atoms with Crippen LogP contribution in [0.4, 0.5) is 0 Å². The Bertz CT molecular complexity index is 63.8. The molecule has 9 heavy (non-hydrogen) atoms. The Hall–Kier alpha value is 0.479. The molecule has 0 atom stereocenters. The summed E-state index contributed by atoms with van der Waals surface area (Å²) in [6.45, 7) is 10.6. The van der Waals surface area contributed by atoms with Crippen molar-refractivity contribution in [3.8, 4) is 0 Å². The van der Waals surface area contributed by atoms with Crippen molar-refractivity contribution in [1.82, 2.24) is 5.32 Å². The van der Waals surface area contributed by atoms with Gasteiger partial charge in [0.15, 0.2) is 0 Å². The van der Waals surface area contributed by atoms with Crippen LogP contribution in [0.15, 0.2) is 0 Å². The second-order valence-corrected chi connectivity index (χ2v) is 3.38. The molecule has 1 nitrogen and oxygen atoms in total. The average molecular weight is 169 g/mol. The predicted molar refractivity (Wildman–Crippen MR) is 37.5 cm³/mol. The van der Waals surface area contributed by atoms with E-state index in [4.69, 9.17) is 0 Å². The van der Waals surface area contributed by atoms with Crippen molar-refractivity contribution in [1.29, 1.82) is 0 Å². The first-order valence-corrected chi connectivity index (χ1v) is 3.00. The van der Waals surface area contributed by atoms with E-state index in [1.54, 1.807) is 0 Å². The van der Waals surface area contributed by atoms with E-state index in [1.165, 1.54) is 6.04 Å². The van der Waals surface area contributed by atoms with Gasteiger partial charge in [0.2, 0.25) is 0 Å². The van der Waals surface area contributed by atoms with Gasteiger partial charge in [0, 0.05) is 17.1 Å². The summed E-state index contributed by atoms with van der Waals surface area (Å²) in [6, 6.07) is 1.28. The Morgan fingerprint density at radius 1 is 1.11 bits per heavy atom. The second kappa shape index (κ2) is 4.32. The maximum Gasteiger partial charge on any atom is 0 e. The first kappa shape index (κ1) is 12.2. The molecule has 1 N–H and O–H groups in total. The van der Waals surface area contributed by atoms with Crippen LogP contribution in [0.2, 0.25) is 0 Å². The van der Waals surface area contributed by atoms with Crippen molar-refractivity contribution in [3.63, 3.8) is 0 Å². The van der Waals surface area contributed by atoms with E-state index in [9.17, 15) is 0 Å². The van der Waals surface area contributed by atoms with Crippen molar-refractivity contribution >= 4 is 0 Å². The molecule has 0 rings (SSSR count). The Morgan fingerprint density at radius 3 is 1.44 bits per heavy atom. The molecule has 0 saturated carbocycles. The van der Waals surface area contributed by atoms with E-state index in [0.717, 1.165) is 0 Å². The van der Waals surface area contributed by atoms with Crippen molar-refractivity contribution in [2.45, 2.75) is 40.2 Å². The summed E-state index contributed by atoms with van der Waals surface area (Å²) < 4.78 is 0. The van der Waals surface area contributed by atoms with Crippen LogP contribution in [0.3, 0.4) is 0 Å². The molecule has 0 aliphatic heterocycles. The Labute approximate surface area is 69.1 Å². The minimum Gasteiger partial charge on any atom is -0.463 e. The number of nitrogens with one attached hydrogen (secondary N) is 1.